The minimum atomic E-state index is 0.819. The molecule has 2 heteroatoms. The van der Waals surface area contributed by atoms with Crippen LogP contribution in [0.15, 0.2) is 42.5 Å². The lowest BCUT2D eigenvalue weighted by molar-refractivity contribution is 1.19. The number of rotatable bonds is 2. The average Bonchev–Trinajstić information content (AvgIpc) is 2.34. The van der Waals surface area contributed by atoms with Crippen LogP contribution in [0, 0.1) is 13.8 Å². The normalized spacial score (nSPS) is 10.3. The zero-order chi connectivity index (χ0) is 12.4. The van der Waals surface area contributed by atoms with E-state index in [9.17, 15) is 0 Å². The maximum atomic E-state index is 6.09. The van der Waals surface area contributed by atoms with E-state index in [-0.39, 0.29) is 0 Å². The third-order valence-corrected chi connectivity index (χ3v) is 3.15. The molecule has 17 heavy (non-hydrogen) atoms. The number of aryl methyl sites for hydroxylation is 2. The van der Waals surface area contributed by atoms with Crippen molar-refractivity contribution in [3.05, 3.63) is 53.6 Å². The molecule has 0 bridgehead atoms. The highest BCUT2D eigenvalue weighted by Gasteiger charge is 2.08. The molecule has 2 N–H and O–H groups in total. The van der Waals surface area contributed by atoms with E-state index >= 15 is 0 Å². The summed E-state index contributed by atoms with van der Waals surface area (Å²) in [6.07, 6.45) is 0. The molecule has 0 radical (unpaired) electrons. The van der Waals surface area contributed by atoms with Crippen LogP contribution in [0.3, 0.4) is 0 Å². The molecule has 0 spiro atoms. The van der Waals surface area contributed by atoms with E-state index in [1.807, 2.05) is 31.3 Å². The van der Waals surface area contributed by atoms with Gasteiger partial charge in [-0.05, 0) is 49.2 Å². The van der Waals surface area contributed by atoms with Crippen molar-refractivity contribution < 1.29 is 0 Å². The fourth-order valence-electron chi connectivity index (χ4n) is 1.90. The van der Waals surface area contributed by atoms with Crippen molar-refractivity contribution in [2.24, 2.45) is 0 Å². The summed E-state index contributed by atoms with van der Waals surface area (Å²) in [5, 5.41) is 0. The first-order valence-electron chi connectivity index (χ1n) is 5.75. The molecular formula is C15H18N2. The number of para-hydroxylation sites is 1. The summed E-state index contributed by atoms with van der Waals surface area (Å²) in [6.45, 7) is 4.19. The van der Waals surface area contributed by atoms with Crippen LogP contribution in [0.1, 0.15) is 11.1 Å². The van der Waals surface area contributed by atoms with Gasteiger partial charge < -0.3 is 10.6 Å². The van der Waals surface area contributed by atoms with Crippen molar-refractivity contribution in [2.45, 2.75) is 13.8 Å². The first-order chi connectivity index (χ1) is 8.09. The standard InChI is InChI=1S/C15H18N2/c1-11-9-14(16)15(10-12(11)2)17(3)13-7-5-4-6-8-13/h4-10H,16H2,1-3H3. The number of hydrogen-bond acceptors (Lipinski definition) is 2. The van der Waals surface area contributed by atoms with Crippen LogP contribution in [0.2, 0.25) is 0 Å². The van der Waals surface area contributed by atoms with Crippen molar-refractivity contribution in [1.82, 2.24) is 0 Å². The van der Waals surface area contributed by atoms with Gasteiger partial charge in [-0.25, -0.2) is 0 Å². The molecule has 0 aromatic heterocycles. The Balaban J connectivity index is 2.44. The van der Waals surface area contributed by atoms with Gasteiger partial charge in [-0.1, -0.05) is 18.2 Å². The van der Waals surface area contributed by atoms with Gasteiger partial charge in [0.25, 0.3) is 0 Å². The first-order valence-corrected chi connectivity index (χ1v) is 5.75. The van der Waals surface area contributed by atoms with Crippen LogP contribution < -0.4 is 10.6 Å². The number of nitrogens with two attached hydrogens (primary N) is 1. The molecule has 88 valence electrons. The number of anilines is 3. The van der Waals surface area contributed by atoms with E-state index in [4.69, 9.17) is 5.73 Å². The van der Waals surface area contributed by atoms with Gasteiger partial charge in [0, 0.05) is 12.7 Å². The molecule has 2 aromatic rings. The summed E-state index contributed by atoms with van der Waals surface area (Å²) in [5.41, 5.74) is 11.6. The lowest BCUT2D eigenvalue weighted by Crippen LogP contribution is -2.12. The largest absolute Gasteiger partial charge is 0.397 e. The fourth-order valence-corrected chi connectivity index (χ4v) is 1.90. The van der Waals surface area contributed by atoms with Gasteiger partial charge in [-0.2, -0.15) is 0 Å². The topological polar surface area (TPSA) is 29.3 Å². The molecule has 2 aromatic carbocycles. The third kappa shape index (κ3) is 2.26. The first kappa shape index (κ1) is 11.5. The van der Waals surface area contributed by atoms with Crippen LogP contribution in [-0.4, -0.2) is 7.05 Å². The molecule has 2 nitrogen and oxygen atoms in total. The molecule has 0 unspecified atom stereocenters. The highest BCUT2D eigenvalue weighted by atomic mass is 15.1. The molecule has 0 saturated carbocycles. The zero-order valence-electron chi connectivity index (χ0n) is 10.6. The zero-order valence-corrected chi connectivity index (χ0v) is 10.6. The van der Waals surface area contributed by atoms with Gasteiger partial charge in [0.1, 0.15) is 0 Å². The van der Waals surface area contributed by atoms with Crippen molar-refractivity contribution in [2.75, 3.05) is 17.7 Å². The van der Waals surface area contributed by atoms with E-state index in [1.54, 1.807) is 0 Å². The van der Waals surface area contributed by atoms with E-state index in [2.05, 4.69) is 36.9 Å². The highest BCUT2D eigenvalue weighted by molar-refractivity contribution is 5.75. The SMILES string of the molecule is Cc1cc(N)c(N(C)c2ccccc2)cc1C. The molecule has 0 aliphatic heterocycles. The summed E-state index contributed by atoms with van der Waals surface area (Å²) < 4.78 is 0. The van der Waals surface area contributed by atoms with Crippen LogP contribution in [-0.2, 0) is 0 Å². The Bertz CT molecular complexity index is 518. The Kier molecular flexibility index (Phi) is 3.05. The van der Waals surface area contributed by atoms with Gasteiger partial charge in [0.2, 0.25) is 0 Å². The van der Waals surface area contributed by atoms with Gasteiger partial charge in [-0.3, -0.25) is 0 Å². The van der Waals surface area contributed by atoms with Gasteiger partial charge in [0.05, 0.1) is 11.4 Å². The Morgan fingerprint density at radius 1 is 0.941 bits per heavy atom. The second-order valence-electron chi connectivity index (χ2n) is 4.39. The second kappa shape index (κ2) is 4.50. The smallest absolute Gasteiger partial charge is 0.0644 e. The van der Waals surface area contributed by atoms with Crippen molar-refractivity contribution >= 4 is 17.1 Å². The van der Waals surface area contributed by atoms with E-state index in [0.29, 0.717) is 0 Å². The minimum absolute atomic E-state index is 0.819. The number of hydrogen-bond donors (Lipinski definition) is 1. The number of nitrogens with zero attached hydrogens (tertiary/aromatic N) is 1. The molecule has 0 amide bonds. The molecule has 2 rings (SSSR count). The van der Waals surface area contributed by atoms with Gasteiger partial charge in [0.15, 0.2) is 0 Å². The maximum Gasteiger partial charge on any atom is 0.0644 e. The molecule has 0 saturated heterocycles. The quantitative estimate of drug-likeness (QED) is 0.792. The molecule has 0 aliphatic carbocycles. The van der Waals surface area contributed by atoms with Crippen molar-refractivity contribution in [3.8, 4) is 0 Å². The summed E-state index contributed by atoms with van der Waals surface area (Å²) in [5.74, 6) is 0. The predicted octanol–water partition coefficient (Wildman–Crippen LogP) is 3.65. The summed E-state index contributed by atoms with van der Waals surface area (Å²) in [6, 6.07) is 14.4. The van der Waals surface area contributed by atoms with Crippen LogP contribution >= 0.6 is 0 Å². The highest BCUT2D eigenvalue weighted by Crippen LogP contribution is 2.30. The summed E-state index contributed by atoms with van der Waals surface area (Å²) in [7, 11) is 2.04. The van der Waals surface area contributed by atoms with Gasteiger partial charge >= 0.3 is 0 Å². The van der Waals surface area contributed by atoms with Crippen LogP contribution in [0.5, 0.6) is 0 Å². The number of benzene rings is 2. The van der Waals surface area contributed by atoms with E-state index in [1.165, 1.54) is 11.1 Å². The molecule has 0 atom stereocenters. The maximum absolute atomic E-state index is 6.09. The lowest BCUT2D eigenvalue weighted by atomic mass is 10.1. The molecular weight excluding hydrogens is 208 g/mol. The predicted molar refractivity (Wildman–Crippen MR) is 74.8 cm³/mol. The summed E-state index contributed by atoms with van der Waals surface area (Å²) in [4.78, 5) is 2.11. The second-order valence-corrected chi connectivity index (χ2v) is 4.39. The van der Waals surface area contributed by atoms with E-state index in [0.717, 1.165) is 17.1 Å². The van der Waals surface area contributed by atoms with Crippen LogP contribution in [0.4, 0.5) is 17.1 Å². The average molecular weight is 226 g/mol. The summed E-state index contributed by atoms with van der Waals surface area (Å²) >= 11 is 0. The number of nitrogen functional groups attached to an aromatic ring is 1. The molecule has 0 heterocycles. The molecule has 0 aliphatic rings. The van der Waals surface area contributed by atoms with Crippen molar-refractivity contribution in [3.63, 3.8) is 0 Å². The van der Waals surface area contributed by atoms with Crippen LogP contribution in [0.25, 0.3) is 0 Å². The van der Waals surface area contributed by atoms with Crippen molar-refractivity contribution in [1.29, 1.82) is 0 Å². The minimum Gasteiger partial charge on any atom is -0.397 e. The monoisotopic (exact) mass is 226 g/mol. The Morgan fingerprint density at radius 3 is 2.18 bits per heavy atom. The Morgan fingerprint density at radius 2 is 1.53 bits per heavy atom. The van der Waals surface area contributed by atoms with E-state index < -0.39 is 0 Å². The van der Waals surface area contributed by atoms with Gasteiger partial charge in [-0.15, -0.1) is 0 Å². The third-order valence-electron chi connectivity index (χ3n) is 3.15. The lowest BCUT2D eigenvalue weighted by Gasteiger charge is -2.22. The Hall–Kier alpha value is -1.96. The fraction of sp³-hybridized carbons (Fsp3) is 0.200. The molecule has 0 fully saturated rings. The Labute approximate surface area is 103 Å².